The first-order valence-electron chi connectivity index (χ1n) is 3.43. The van der Waals surface area contributed by atoms with Crippen LogP contribution in [-0.4, -0.2) is 34.5 Å². The minimum Gasteiger partial charge on any atom is -0.483 e. The molecule has 0 bridgehead atoms. The lowest BCUT2D eigenvalue weighted by atomic mass is 10.3. The zero-order chi connectivity index (χ0) is 11.0. The van der Waals surface area contributed by atoms with E-state index < -0.39 is 0 Å². The van der Waals surface area contributed by atoms with E-state index in [0.29, 0.717) is 5.56 Å². The van der Waals surface area contributed by atoms with Gasteiger partial charge in [0.05, 0.1) is 5.56 Å². The molecule has 1 aromatic rings. The summed E-state index contributed by atoms with van der Waals surface area (Å²) in [5, 5.41) is 9.46. The van der Waals surface area contributed by atoms with Crippen LogP contribution in [0, 0.1) is 0 Å². The molecule has 76 valence electrons. The third kappa shape index (κ3) is 4.36. The molecule has 0 radical (unpaired) electrons. The van der Waals surface area contributed by atoms with E-state index in [-0.39, 0.29) is 17.7 Å². The normalized spacial score (nSPS) is 8.14. The molecule has 1 rings (SSSR count). The summed E-state index contributed by atoms with van der Waals surface area (Å²) in [5.74, 6) is -0.221. The maximum absolute atomic E-state index is 10.9. The van der Waals surface area contributed by atoms with Crippen LogP contribution in [0.3, 0.4) is 0 Å². The molecule has 0 unspecified atom stereocenters. The van der Waals surface area contributed by atoms with E-state index >= 15 is 0 Å². The number of nitrogens with zero attached hydrogens (tertiary/aromatic N) is 2. The molecule has 1 heterocycles. The average Bonchev–Trinajstić information content (AvgIpc) is 2.19. The Balaban J connectivity index is 0.000000500. The van der Waals surface area contributed by atoms with Crippen LogP contribution in [0.15, 0.2) is 12.4 Å². The topological polar surface area (TPSA) is 92.2 Å². The summed E-state index contributed by atoms with van der Waals surface area (Å²) < 4.78 is 0. The lowest BCUT2D eigenvalue weighted by Crippen LogP contribution is -2.18. The van der Waals surface area contributed by atoms with Crippen LogP contribution in [0.5, 0.6) is 0 Å². The number of hydrogen-bond donors (Lipinski definition) is 2. The van der Waals surface area contributed by atoms with Gasteiger partial charge in [0.15, 0.2) is 0 Å². The number of carboxylic acid groups (broad SMARTS) is 1. The zero-order valence-electron chi connectivity index (χ0n) is 7.27. The standard InChI is InChI=1S/C6H6ClN3O.CH2O2/c1-8-5(11)4-2-9-6(7)10-3-4;2-1-3/h2-3H,1H3,(H,8,11);1H,(H,2,3). The minimum absolute atomic E-state index is 0.137. The Morgan fingerprint density at radius 3 is 2.36 bits per heavy atom. The number of nitrogens with one attached hydrogen (secondary N) is 1. The van der Waals surface area contributed by atoms with Gasteiger partial charge in [-0.25, -0.2) is 9.97 Å². The highest BCUT2D eigenvalue weighted by atomic mass is 35.5. The molecule has 0 saturated carbocycles. The van der Waals surface area contributed by atoms with Gasteiger partial charge < -0.3 is 10.4 Å². The number of halogens is 1. The molecule has 0 atom stereocenters. The summed E-state index contributed by atoms with van der Waals surface area (Å²) in [6.45, 7) is -0.250. The fourth-order valence-electron chi connectivity index (χ4n) is 0.574. The molecule has 0 aliphatic rings. The number of rotatable bonds is 1. The van der Waals surface area contributed by atoms with Crippen LogP contribution >= 0.6 is 11.6 Å². The number of carbonyl (C=O) groups is 2. The number of amides is 1. The van der Waals surface area contributed by atoms with E-state index in [2.05, 4.69) is 15.3 Å². The Morgan fingerprint density at radius 1 is 1.57 bits per heavy atom. The van der Waals surface area contributed by atoms with E-state index in [1.165, 1.54) is 19.4 Å². The van der Waals surface area contributed by atoms with Crippen molar-refractivity contribution in [2.75, 3.05) is 7.05 Å². The zero-order valence-corrected chi connectivity index (χ0v) is 8.02. The van der Waals surface area contributed by atoms with Gasteiger partial charge in [0.2, 0.25) is 5.28 Å². The molecular weight excluding hydrogens is 210 g/mol. The highest BCUT2D eigenvalue weighted by Crippen LogP contribution is 1.99. The lowest BCUT2D eigenvalue weighted by Gasteiger charge is -1.96. The quantitative estimate of drug-likeness (QED) is 0.518. The Hall–Kier alpha value is -1.69. The second-order valence-corrected chi connectivity index (χ2v) is 2.26. The summed E-state index contributed by atoms with van der Waals surface area (Å²) in [5.41, 5.74) is 0.400. The van der Waals surface area contributed by atoms with E-state index in [1.807, 2.05) is 0 Å². The molecule has 0 aliphatic carbocycles. The number of hydrogen-bond acceptors (Lipinski definition) is 4. The van der Waals surface area contributed by atoms with E-state index in [1.54, 1.807) is 0 Å². The third-order valence-electron chi connectivity index (χ3n) is 1.11. The Morgan fingerprint density at radius 2 is 2.00 bits per heavy atom. The fourth-order valence-corrected chi connectivity index (χ4v) is 0.671. The van der Waals surface area contributed by atoms with Gasteiger partial charge in [0.25, 0.3) is 12.4 Å². The van der Waals surface area contributed by atoms with Crippen molar-refractivity contribution in [2.24, 2.45) is 0 Å². The third-order valence-corrected chi connectivity index (χ3v) is 1.30. The number of aromatic nitrogens is 2. The van der Waals surface area contributed by atoms with Gasteiger partial charge in [-0.15, -0.1) is 0 Å². The summed E-state index contributed by atoms with van der Waals surface area (Å²) in [7, 11) is 1.54. The first kappa shape index (κ1) is 12.3. The van der Waals surface area contributed by atoms with Crippen molar-refractivity contribution in [3.63, 3.8) is 0 Å². The minimum atomic E-state index is -0.250. The van der Waals surface area contributed by atoms with Gasteiger partial charge in [0, 0.05) is 19.4 Å². The Labute approximate surface area is 84.9 Å². The molecule has 6 nitrogen and oxygen atoms in total. The predicted octanol–water partition coefficient (Wildman–Crippen LogP) is 0.190. The maximum Gasteiger partial charge on any atom is 0.290 e. The average molecular weight is 218 g/mol. The Bertz CT molecular complexity index is 302. The molecule has 0 fully saturated rings. The monoisotopic (exact) mass is 217 g/mol. The molecule has 1 aromatic heterocycles. The first-order chi connectivity index (χ1) is 6.65. The van der Waals surface area contributed by atoms with E-state index in [4.69, 9.17) is 21.5 Å². The van der Waals surface area contributed by atoms with Gasteiger partial charge in [-0.05, 0) is 11.6 Å². The molecule has 14 heavy (non-hydrogen) atoms. The van der Waals surface area contributed by atoms with Crippen LogP contribution in [0.1, 0.15) is 10.4 Å². The number of carbonyl (C=O) groups excluding carboxylic acids is 1. The molecule has 1 amide bonds. The highest BCUT2D eigenvalue weighted by Gasteiger charge is 2.02. The van der Waals surface area contributed by atoms with Crippen LogP contribution in [0.2, 0.25) is 5.28 Å². The first-order valence-corrected chi connectivity index (χ1v) is 3.81. The maximum atomic E-state index is 10.9. The van der Waals surface area contributed by atoms with Crippen LogP contribution in [0.4, 0.5) is 0 Å². The second kappa shape index (κ2) is 6.79. The van der Waals surface area contributed by atoms with Crippen molar-refractivity contribution in [3.8, 4) is 0 Å². The summed E-state index contributed by atoms with van der Waals surface area (Å²) in [6.07, 6.45) is 2.74. The van der Waals surface area contributed by atoms with Crippen LogP contribution < -0.4 is 5.32 Å². The van der Waals surface area contributed by atoms with Crippen molar-refractivity contribution in [1.29, 1.82) is 0 Å². The smallest absolute Gasteiger partial charge is 0.290 e. The molecule has 7 heteroatoms. The summed E-state index contributed by atoms with van der Waals surface area (Å²) >= 11 is 5.41. The van der Waals surface area contributed by atoms with Crippen LogP contribution in [-0.2, 0) is 4.79 Å². The highest BCUT2D eigenvalue weighted by molar-refractivity contribution is 6.28. The molecule has 0 aliphatic heterocycles. The van der Waals surface area contributed by atoms with Crippen molar-refractivity contribution < 1.29 is 14.7 Å². The van der Waals surface area contributed by atoms with Gasteiger partial charge in [-0.1, -0.05) is 0 Å². The van der Waals surface area contributed by atoms with Gasteiger partial charge in [0.1, 0.15) is 0 Å². The van der Waals surface area contributed by atoms with Crippen LogP contribution in [0.25, 0.3) is 0 Å². The summed E-state index contributed by atoms with van der Waals surface area (Å²) in [4.78, 5) is 26.5. The van der Waals surface area contributed by atoms with Crippen molar-refractivity contribution in [2.45, 2.75) is 0 Å². The molecular formula is C7H8ClN3O3. The second-order valence-electron chi connectivity index (χ2n) is 1.93. The molecule has 0 saturated heterocycles. The van der Waals surface area contributed by atoms with Gasteiger partial charge in [-0.2, -0.15) is 0 Å². The summed E-state index contributed by atoms with van der Waals surface area (Å²) in [6, 6.07) is 0. The molecule has 0 aromatic carbocycles. The Kier molecular flexibility index (Phi) is 5.97. The van der Waals surface area contributed by atoms with Gasteiger partial charge in [-0.3, -0.25) is 9.59 Å². The van der Waals surface area contributed by atoms with Crippen molar-refractivity contribution in [1.82, 2.24) is 15.3 Å². The van der Waals surface area contributed by atoms with Crippen molar-refractivity contribution in [3.05, 3.63) is 23.2 Å². The largest absolute Gasteiger partial charge is 0.483 e. The fraction of sp³-hybridized carbons (Fsp3) is 0.143. The van der Waals surface area contributed by atoms with Gasteiger partial charge >= 0.3 is 0 Å². The predicted molar refractivity (Wildman–Crippen MR) is 49.1 cm³/mol. The lowest BCUT2D eigenvalue weighted by molar-refractivity contribution is -0.122. The van der Waals surface area contributed by atoms with E-state index in [0.717, 1.165) is 0 Å². The van der Waals surface area contributed by atoms with Crippen molar-refractivity contribution >= 4 is 24.0 Å². The molecule has 0 spiro atoms. The SMILES string of the molecule is CNC(=O)c1cnc(Cl)nc1.O=CO. The molecule has 2 N–H and O–H groups in total. The van der Waals surface area contributed by atoms with E-state index in [9.17, 15) is 4.79 Å².